The lowest BCUT2D eigenvalue weighted by atomic mass is 10.7. The molecule has 0 aliphatic rings. The van der Waals surface area contributed by atoms with Gasteiger partial charge in [0.15, 0.2) is 0 Å². The fraction of sp³-hybridized carbons (Fsp3) is 0.857. The first-order valence-corrected chi connectivity index (χ1v) is 6.83. The zero-order chi connectivity index (χ0) is 18.2. The first kappa shape index (κ1) is 28.9. The molecule has 0 spiro atoms. The molecule has 22 heavy (non-hydrogen) atoms. The van der Waals surface area contributed by atoms with Crippen molar-refractivity contribution in [2.75, 3.05) is 53.9 Å². The number of hydrogen-bond donors (Lipinski definition) is 2. The predicted molar refractivity (Wildman–Crippen MR) is 82.9 cm³/mol. The van der Waals surface area contributed by atoms with Gasteiger partial charge in [-0.05, 0) is 13.8 Å². The second-order valence-electron chi connectivity index (χ2n) is 3.35. The normalized spacial score (nSPS) is 8.14. The fourth-order valence-electron chi connectivity index (χ4n) is 0.560. The topological polar surface area (TPSA) is 112 Å². The fourth-order valence-corrected chi connectivity index (χ4v) is 0.560. The van der Waals surface area contributed by atoms with Gasteiger partial charge in [-0.1, -0.05) is 0 Å². The lowest BCUT2D eigenvalue weighted by molar-refractivity contribution is -0.142. The number of hydrogen-bond acceptors (Lipinski definition) is 7. The van der Waals surface area contributed by atoms with Crippen LogP contribution in [0.3, 0.4) is 0 Å². The molecular weight excluding hydrogens is 296 g/mol. The Morgan fingerprint density at radius 2 is 1.27 bits per heavy atom. The van der Waals surface area contributed by atoms with E-state index in [4.69, 9.17) is 19.7 Å². The monoisotopic (exact) mass is 328 g/mol. The second kappa shape index (κ2) is 31.9. The summed E-state index contributed by atoms with van der Waals surface area (Å²) in [7, 11) is 3.30. The number of methoxy groups -OCH3 is 2. The average molecular weight is 328 g/mol. The number of ether oxygens (including phenoxy) is 4. The third-order valence-corrected chi connectivity index (χ3v) is 1.30. The molecule has 0 radical (unpaired) electrons. The van der Waals surface area contributed by atoms with Gasteiger partial charge in [0.25, 0.3) is 5.97 Å². The molecule has 136 valence electrons. The van der Waals surface area contributed by atoms with Crippen molar-refractivity contribution in [3.63, 3.8) is 0 Å². The van der Waals surface area contributed by atoms with Crippen molar-refractivity contribution >= 4 is 11.9 Å². The number of rotatable bonds is 7. The van der Waals surface area contributed by atoms with Gasteiger partial charge in [-0.25, -0.2) is 0 Å². The summed E-state index contributed by atoms with van der Waals surface area (Å²) in [4.78, 5) is 18.9. The molecule has 0 fully saturated rings. The van der Waals surface area contributed by atoms with Crippen molar-refractivity contribution in [3.05, 3.63) is 0 Å². The maximum atomic E-state index is 9.87. The summed E-state index contributed by atoms with van der Waals surface area (Å²) < 4.78 is 18.4. The van der Waals surface area contributed by atoms with Gasteiger partial charge in [-0.2, -0.15) is 0 Å². The van der Waals surface area contributed by atoms with Crippen molar-refractivity contribution < 1.29 is 38.7 Å². The predicted octanol–water partition coefficient (Wildman–Crippen LogP) is 0.955. The van der Waals surface area contributed by atoms with Crippen LogP contribution in [-0.2, 0) is 28.5 Å². The van der Waals surface area contributed by atoms with Crippen LogP contribution in [0.25, 0.3) is 0 Å². The first-order valence-electron chi connectivity index (χ1n) is 6.83. The Morgan fingerprint density at radius 3 is 1.36 bits per heavy atom. The minimum Gasteiger partial charge on any atom is -0.481 e. The molecule has 0 aliphatic heterocycles. The Balaban J connectivity index is -0.000000100. The van der Waals surface area contributed by atoms with E-state index in [9.17, 15) is 4.79 Å². The Hall–Kier alpha value is -1.22. The van der Waals surface area contributed by atoms with E-state index in [1.54, 1.807) is 14.2 Å². The molecule has 0 aromatic rings. The van der Waals surface area contributed by atoms with Crippen LogP contribution in [0.2, 0.25) is 0 Å². The highest BCUT2D eigenvalue weighted by Crippen LogP contribution is 1.71. The van der Waals surface area contributed by atoms with Crippen LogP contribution in [0.5, 0.6) is 0 Å². The summed E-state index contributed by atoms with van der Waals surface area (Å²) in [5.41, 5.74) is 0. The molecule has 0 atom stereocenters. The van der Waals surface area contributed by atoms with Crippen LogP contribution in [0, 0.1) is 0 Å². The minimum atomic E-state index is -0.833. The second-order valence-corrected chi connectivity index (χ2v) is 3.35. The van der Waals surface area contributed by atoms with Crippen LogP contribution in [0.1, 0.15) is 27.7 Å². The molecule has 8 nitrogen and oxygen atoms in total. The van der Waals surface area contributed by atoms with E-state index in [0.717, 1.165) is 20.1 Å². The van der Waals surface area contributed by atoms with Crippen molar-refractivity contribution in [2.24, 2.45) is 0 Å². The largest absolute Gasteiger partial charge is 0.481 e. The highest BCUT2D eigenvalue weighted by molar-refractivity contribution is 5.65. The quantitative estimate of drug-likeness (QED) is 0.525. The van der Waals surface area contributed by atoms with E-state index in [1.165, 1.54) is 6.92 Å². The third-order valence-electron chi connectivity index (χ3n) is 1.30. The molecule has 0 aliphatic carbocycles. The van der Waals surface area contributed by atoms with Crippen LogP contribution in [0.4, 0.5) is 0 Å². The number of carboxylic acid groups (broad SMARTS) is 1. The Kier molecular flexibility index (Phi) is 41.9. The molecule has 0 heterocycles. The van der Waals surface area contributed by atoms with Gasteiger partial charge >= 0.3 is 5.97 Å². The SMILES string of the molecule is CC(=O)O.CC(=O)OCCO.CCOCC.COCCOC. The lowest BCUT2D eigenvalue weighted by Gasteiger charge is -1.93. The highest BCUT2D eigenvalue weighted by atomic mass is 16.5. The van der Waals surface area contributed by atoms with E-state index in [2.05, 4.69) is 14.2 Å². The number of aliphatic hydroxyl groups excluding tert-OH is 1. The van der Waals surface area contributed by atoms with Crippen molar-refractivity contribution in [2.45, 2.75) is 27.7 Å². The maximum Gasteiger partial charge on any atom is 0.302 e. The van der Waals surface area contributed by atoms with E-state index in [1.807, 2.05) is 13.8 Å². The third kappa shape index (κ3) is 98.1. The molecular formula is C14H32O8. The van der Waals surface area contributed by atoms with E-state index in [-0.39, 0.29) is 19.2 Å². The molecule has 0 bridgehead atoms. The lowest BCUT2D eigenvalue weighted by Crippen LogP contribution is -2.03. The van der Waals surface area contributed by atoms with Crippen LogP contribution >= 0.6 is 0 Å². The molecule has 0 aromatic heterocycles. The van der Waals surface area contributed by atoms with Crippen molar-refractivity contribution in [1.29, 1.82) is 0 Å². The Labute approximate surface area is 133 Å². The number of carbonyl (C=O) groups excluding carboxylic acids is 1. The van der Waals surface area contributed by atoms with Gasteiger partial charge in [-0.15, -0.1) is 0 Å². The maximum absolute atomic E-state index is 9.87. The molecule has 0 saturated carbocycles. The van der Waals surface area contributed by atoms with Crippen molar-refractivity contribution in [1.82, 2.24) is 0 Å². The summed E-state index contributed by atoms with van der Waals surface area (Å²) in [5.74, 6) is -1.19. The van der Waals surface area contributed by atoms with Crippen LogP contribution < -0.4 is 0 Å². The van der Waals surface area contributed by atoms with Gasteiger partial charge in [-0.3, -0.25) is 9.59 Å². The number of carboxylic acids is 1. The number of esters is 1. The molecule has 0 aromatic carbocycles. The van der Waals surface area contributed by atoms with Gasteiger partial charge in [0.2, 0.25) is 0 Å². The van der Waals surface area contributed by atoms with Crippen LogP contribution in [-0.4, -0.2) is 76.0 Å². The average Bonchev–Trinajstić information content (AvgIpc) is 2.44. The molecule has 0 rings (SSSR count). The summed E-state index contributed by atoms with van der Waals surface area (Å²) in [5, 5.41) is 15.5. The summed E-state index contributed by atoms with van der Waals surface area (Å²) >= 11 is 0. The summed E-state index contributed by atoms with van der Waals surface area (Å²) in [6.07, 6.45) is 0. The van der Waals surface area contributed by atoms with Gasteiger partial charge in [0.1, 0.15) is 6.61 Å². The van der Waals surface area contributed by atoms with Gasteiger partial charge < -0.3 is 29.2 Å². The molecule has 0 amide bonds. The molecule has 0 saturated heterocycles. The summed E-state index contributed by atoms with van der Waals surface area (Å²) in [6, 6.07) is 0. The van der Waals surface area contributed by atoms with E-state index in [0.29, 0.717) is 13.2 Å². The Bertz CT molecular complexity index is 199. The number of carbonyl (C=O) groups is 2. The minimum absolute atomic E-state index is 0.0976. The zero-order valence-corrected chi connectivity index (χ0v) is 14.6. The van der Waals surface area contributed by atoms with Crippen LogP contribution in [0.15, 0.2) is 0 Å². The summed E-state index contributed by atoms with van der Waals surface area (Å²) in [6.45, 7) is 9.44. The van der Waals surface area contributed by atoms with Gasteiger partial charge in [0, 0.05) is 41.3 Å². The highest BCUT2D eigenvalue weighted by Gasteiger charge is 1.86. The smallest absolute Gasteiger partial charge is 0.302 e. The van der Waals surface area contributed by atoms with Gasteiger partial charge in [0.05, 0.1) is 19.8 Å². The van der Waals surface area contributed by atoms with E-state index >= 15 is 0 Å². The van der Waals surface area contributed by atoms with Crippen molar-refractivity contribution in [3.8, 4) is 0 Å². The van der Waals surface area contributed by atoms with E-state index < -0.39 is 5.97 Å². The Morgan fingerprint density at radius 1 is 0.909 bits per heavy atom. The molecule has 8 heteroatoms. The molecule has 0 unspecified atom stereocenters. The first-order chi connectivity index (χ1) is 10.3. The number of aliphatic hydroxyl groups is 1. The zero-order valence-electron chi connectivity index (χ0n) is 14.6. The number of aliphatic carboxylic acids is 1. The standard InChI is InChI=1S/C4H8O3.C4H10O2.C4H10O.C2H4O2/c1-4(6)7-3-2-5;1-5-3-4-6-2;1-3-5-4-2;1-2(3)4/h5H,2-3H2,1H3;3-4H2,1-2H3;3-4H2,1-2H3;1H3,(H,3,4). The molecule has 2 N–H and O–H groups in total.